The minimum atomic E-state index is -0.159. The molecule has 1 saturated heterocycles. The molecular weight excluding hydrogens is 356 g/mol. The molecule has 0 spiro atoms. The number of para-hydroxylation sites is 2. The Morgan fingerprint density at radius 2 is 2.00 bits per heavy atom. The molecule has 0 aliphatic carbocycles. The first-order valence-electron chi connectivity index (χ1n) is 9.45. The van der Waals surface area contributed by atoms with Gasteiger partial charge in [0, 0.05) is 12.3 Å². The van der Waals surface area contributed by atoms with Crippen molar-refractivity contribution >= 4 is 17.3 Å². The van der Waals surface area contributed by atoms with Crippen molar-refractivity contribution in [3.8, 4) is 11.5 Å². The molecule has 1 amide bonds. The zero-order valence-electron chi connectivity index (χ0n) is 15.9. The first-order valence-corrected chi connectivity index (χ1v) is 9.45. The third-order valence-electron chi connectivity index (χ3n) is 4.29. The lowest BCUT2D eigenvalue weighted by Crippen LogP contribution is -2.22. The molecule has 28 heavy (non-hydrogen) atoms. The number of benzene rings is 2. The van der Waals surface area contributed by atoms with Crippen LogP contribution in [0.3, 0.4) is 0 Å². The summed E-state index contributed by atoms with van der Waals surface area (Å²) in [6, 6.07) is 14.9. The van der Waals surface area contributed by atoms with Gasteiger partial charge in [-0.05, 0) is 49.2 Å². The van der Waals surface area contributed by atoms with Crippen molar-refractivity contribution in [3.63, 3.8) is 0 Å². The number of ether oxygens (including phenoxy) is 3. The van der Waals surface area contributed by atoms with Crippen molar-refractivity contribution in [2.24, 2.45) is 0 Å². The van der Waals surface area contributed by atoms with E-state index in [1.807, 2.05) is 42.5 Å². The molecule has 1 fully saturated rings. The van der Waals surface area contributed by atoms with E-state index in [2.05, 4.69) is 17.2 Å². The summed E-state index contributed by atoms with van der Waals surface area (Å²) in [7, 11) is 0. The van der Waals surface area contributed by atoms with Gasteiger partial charge in [-0.15, -0.1) is 0 Å². The molecule has 148 valence electrons. The van der Waals surface area contributed by atoms with Crippen LogP contribution >= 0.6 is 0 Å². The van der Waals surface area contributed by atoms with Gasteiger partial charge in [-0.3, -0.25) is 4.79 Å². The van der Waals surface area contributed by atoms with Crippen LogP contribution in [0.2, 0.25) is 0 Å². The summed E-state index contributed by atoms with van der Waals surface area (Å²) in [6.45, 7) is 5.55. The van der Waals surface area contributed by atoms with Crippen molar-refractivity contribution in [3.05, 3.63) is 61.2 Å². The van der Waals surface area contributed by atoms with E-state index >= 15 is 0 Å². The topological polar surface area (TPSA) is 68.8 Å². The quantitative estimate of drug-likeness (QED) is 0.611. The van der Waals surface area contributed by atoms with Gasteiger partial charge in [-0.25, -0.2) is 0 Å². The average molecular weight is 382 g/mol. The second kappa shape index (κ2) is 10.4. The molecule has 2 N–H and O–H groups in total. The maximum Gasteiger partial charge on any atom is 0.243 e. The maximum atomic E-state index is 12.2. The van der Waals surface area contributed by atoms with Crippen LogP contribution < -0.4 is 20.1 Å². The monoisotopic (exact) mass is 382 g/mol. The molecule has 1 aliphatic rings. The molecule has 6 heteroatoms. The minimum Gasteiger partial charge on any atom is -0.491 e. The Morgan fingerprint density at radius 3 is 2.75 bits per heavy atom. The van der Waals surface area contributed by atoms with Crippen LogP contribution in [0.1, 0.15) is 12.8 Å². The van der Waals surface area contributed by atoms with Gasteiger partial charge in [0.05, 0.1) is 18.3 Å². The second-order valence-electron chi connectivity index (χ2n) is 6.47. The lowest BCUT2D eigenvalue weighted by Gasteiger charge is -2.13. The van der Waals surface area contributed by atoms with E-state index in [0.717, 1.165) is 30.9 Å². The van der Waals surface area contributed by atoms with Gasteiger partial charge >= 0.3 is 0 Å². The molecule has 1 heterocycles. The van der Waals surface area contributed by atoms with E-state index in [0.29, 0.717) is 24.7 Å². The van der Waals surface area contributed by atoms with Crippen molar-refractivity contribution in [2.75, 3.05) is 37.0 Å². The number of carbonyl (C=O) groups is 1. The molecule has 2 aromatic carbocycles. The van der Waals surface area contributed by atoms with Crippen molar-refractivity contribution in [1.82, 2.24) is 0 Å². The standard InChI is InChI=1S/C22H26N2O4/c1-2-13-27-21-8-4-3-7-20(21)24-22(25)15-23-17-9-11-18(12-10-17)28-16-19-6-5-14-26-19/h2-4,7-12,19,23H,1,5-6,13-16H2,(H,24,25). The van der Waals surface area contributed by atoms with Crippen molar-refractivity contribution in [2.45, 2.75) is 18.9 Å². The molecule has 0 radical (unpaired) electrons. The van der Waals surface area contributed by atoms with Gasteiger partial charge in [0.25, 0.3) is 0 Å². The Hall–Kier alpha value is -2.99. The maximum absolute atomic E-state index is 12.2. The van der Waals surface area contributed by atoms with Gasteiger partial charge in [-0.1, -0.05) is 24.8 Å². The molecule has 0 aromatic heterocycles. The van der Waals surface area contributed by atoms with Crippen molar-refractivity contribution in [1.29, 1.82) is 0 Å². The summed E-state index contributed by atoms with van der Waals surface area (Å²) in [5.41, 5.74) is 1.48. The highest BCUT2D eigenvalue weighted by atomic mass is 16.5. The molecule has 0 bridgehead atoms. The fraction of sp³-hybridized carbons (Fsp3) is 0.318. The van der Waals surface area contributed by atoms with Crippen LogP contribution in [0.4, 0.5) is 11.4 Å². The number of hydrogen-bond acceptors (Lipinski definition) is 5. The van der Waals surface area contributed by atoms with E-state index in [1.54, 1.807) is 12.1 Å². The highest BCUT2D eigenvalue weighted by Crippen LogP contribution is 2.24. The highest BCUT2D eigenvalue weighted by molar-refractivity contribution is 5.95. The van der Waals surface area contributed by atoms with Gasteiger partial charge in [0.15, 0.2) is 0 Å². The Balaban J connectivity index is 1.44. The SMILES string of the molecule is C=CCOc1ccccc1NC(=O)CNc1ccc(OCC2CCCO2)cc1. The lowest BCUT2D eigenvalue weighted by molar-refractivity contribution is -0.114. The van der Waals surface area contributed by atoms with E-state index < -0.39 is 0 Å². The largest absolute Gasteiger partial charge is 0.491 e. The zero-order valence-corrected chi connectivity index (χ0v) is 15.9. The lowest BCUT2D eigenvalue weighted by atomic mass is 10.2. The van der Waals surface area contributed by atoms with Gasteiger partial charge in [0.1, 0.15) is 24.7 Å². The van der Waals surface area contributed by atoms with Crippen LogP contribution in [-0.2, 0) is 9.53 Å². The fourth-order valence-corrected chi connectivity index (χ4v) is 2.86. The van der Waals surface area contributed by atoms with Gasteiger partial charge in [-0.2, -0.15) is 0 Å². The average Bonchev–Trinajstić information content (AvgIpc) is 3.24. The number of hydrogen-bond donors (Lipinski definition) is 2. The summed E-state index contributed by atoms with van der Waals surface area (Å²) >= 11 is 0. The Bertz CT molecular complexity index is 770. The Kier molecular flexibility index (Phi) is 7.32. The number of nitrogens with one attached hydrogen (secondary N) is 2. The summed E-state index contributed by atoms with van der Waals surface area (Å²) in [4.78, 5) is 12.2. The smallest absolute Gasteiger partial charge is 0.243 e. The van der Waals surface area contributed by atoms with E-state index in [-0.39, 0.29) is 18.6 Å². The number of amides is 1. The number of carbonyl (C=O) groups excluding carboxylic acids is 1. The molecule has 1 atom stereocenters. The van der Waals surface area contributed by atoms with E-state index in [4.69, 9.17) is 14.2 Å². The van der Waals surface area contributed by atoms with E-state index in [9.17, 15) is 4.79 Å². The van der Waals surface area contributed by atoms with Crippen LogP contribution in [0.25, 0.3) is 0 Å². The third-order valence-corrected chi connectivity index (χ3v) is 4.29. The molecule has 1 aliphatic heterocycles. The second-order valence-corrected chi connectivity index (χ2v) is 6.47. The van der Waals surface area contributed by atoms with Crippen molar-refractivity contribution < 1.29 is 19.0 Å². The first kappa shape index (κ1) is 19.8. The zero-order chi connectivity index (χ0) is 19.6. The highest BCUT2D eigenvalue weighted by Gasteiger charge is 2.15. The number of anilines is 2. The molecule has 3 rings (SSSR count). The summed E-state index contributed by atoms with van der Waals surface area (Å²) < 4.78 is 16.8. The molecule has 6 nitrogen and oxygen atoms in total. The predicted octanol–water partition coefficient (Wildman–Crippen LogP) is 3.86. The molecular formula is C22H26N2O4. The number of rotatable bonds is 10. The first-order chi connectivity index (χ1) is 13.7. The minimum absolute atomic E-state index is 0.145. The Morgan fingerprint density at radius 1 is 1.18 bits per heavy atom. The van der Waals surface area contributed by atoms with Gasteiger partial charge < -0.3 is 24.8 Å². The molecule has 0 saturated carbocycles. The summed E-state index contributed by atoms with van der Waals surface area (Å²) in [5, 5.41) is 5.96. The fourth-order valence-electron chi connectivity index (χ4n) is 2.86. The van der Waals surface area contributed by atoms with E-state index in [1.165, 1.54) is 0 Å². The van der Waals surface area contributed by atoms with Crippen LogP contribution in [0, 0.1) is 0 Å². The third kappa shape index (κ3) is 6.03. The van der Waals surface area contributed by atoms with Crippen LogP contribution in [0.5, 0.6) is 11.5 Å². The molecule has 1 unspecified atom stereocenters. The van der Waals surface area contributed by atoms with Crippen LogP contribution in [-0.4, -0.2) is 38.4 Å². The predicted molar refractivity (Wildman–Crippen MR) is 110 cm³/mol. The Labute approximate surface area is 165 Å². The van der Waals surface area contributed by atoms with Gasteiger partial charge in [0.2, 0.25) is 5.91 Å². The summed E-state index contributed by atoms with van der Waals surface area (Å²) in [5.74, 6) is 1.25. The summed E-state index contributed by atoms with van der Waals surface area (Å²) in [6.07, 6.45) is 4.01. The van der Waals surface area contributed by atoms with Crippen LogP contribution in [0.15, 0.2) is 61.2 Å². The normalized spacial score (nSPS) is 15.6. The molecule has 2 aromatic rings.